The van der Waals surface area contributed by atoms with Crippen LogP contribution in [0.2, 0.25) is 0 Å². The molecule has 74 valence electrons. The zero-order chi connectivity index (χ0) is 10.1. The molecule has 0 radical (unpaired) electrons. The molecule has 0 aromatic carbocycles. The summed E-state index contributed by atoms with van der Waals surface area (Å²) >= 11 is 5.69. The minimum Gasteiger partial charge on any atom is -0.273 e. The highest BCUT2D eigenvalue weighted by Gasteiger charge is 2.11. The summed E-state index contributed by atoms with van der Waals surface area (Å²) in [5.41, 5.74) is 1.72. The SMILES string of the molecule is Cc1nn(C)cc1-n1nnnc1CCl. The van der Waals surface area contributed by atoms with E-state index in [1.807, 2.05) is 20.2 Å². The van der Waals surface area contributed by atoms with E-state index in [1.54, 1.807) is 9.36 Å². The molecule has 14 heavy (non-hydrogen) atoms. The molecule has 0 amide bonds. The van der Waals surface area contributed by atoms with Gasteiger partial charge in [0, 0.05) is 7.05 Å². The largest absolute Gasteiger partial charge is 0.273 e. The first-order valence-electron chi connectivity index (χ1n) is 4.06. The molecule has 0 aliphatic heterocycles. The number of rotatable bonds is 2. The van der Waals surface area contributed by atoms with Crippen LogP contribution < -0.4 is 0 Å². The quantitative estimate of drug-likeness (QED) is 0.678. The van der Waals surface area contributed by atoms with Crippen molar-refractivity contribution in [2.75, 3.05) is 0 Å². The van der Waals surface area contributed by atoms with Gasteiger partial charge in [-0.2, -0.15) is 9.78 Å². The fourth-order valence-electron chi connectivity index (χ4n) is 1.27. The van der Waals surface area contributed by atoms with Gasteiger partial charge < -0.3 is 0 Å². The molecule has 0 spiro atoms. The van der Waals surface area contributed by atoms with Crippen molar-refractivity contribution < 1.29 is 0 Å². The fraction of sp³-hybridized carbons (Fsp3) is 0.429. The van der Waals surface area contributed by atoms with Gasteiger partial charge in [0.1, 0.15) is 5.69 Å². The Kier molecular flexibility index (Phi) is 2.20. The van der Waals surface area contributed by atoms with Gasteiger partial charge in [-0.05, 0) is 17.4 Å². The van der Waals surface area contributed by atoms with Crippen LogP contribution in [0.3, 0.4) is 0 Å². The van der Waals surface area contributed by atoms with Crippen LogP contribution in [-0.4, -0.2) is 30.0 Å². The van der Waals surface area contributed by atoms with Crippen molar-refractivity contribution in [3.63, 3.8) is 0 Å². The van der Waals surface area contributed by atoms with Gasteiger partial charge in [0.2, 0.25) is 0 Å². The average Bonchev–Trinajstić information content (AvgIpc) is 2.71. The summed E-state index contributed by atoms with van der Waals surface area (Å²) in [6.45, 7) is 1.90. The summed E-state index contributed by atoms with van der Waals surface area (Å²) in [4.78, 5) is 0. The van der Waals surface area contributed by atoms with Crippen LogP contribution in [0.1, 0.15) is 11.5 Å². The Balaban J connectivity index is 2.53. The molecule has 0 bridgehead atoms. The number of aryl methyl sites for hydroxylation is 2. The first kappa shape index (κ1) is 9.14. The number of halogens is 1. The predicted octanol–water partition coefficient (Wildman–Crippen LogP) is 0.443. The van der Waals surface area contributed by atoms with E-state index in [-0.39, 0.29) is 5.88 Å². The van der Waals surface area contributed by atoms with Crippen molar-refractivity contribution in [1.29, 1.82) is 0 Å². The molecule has 0 aliphatic rings. The summed E-state index contributed by atoms with van der Waals surface area (Å²) in [6, 6.07) is 0. The Bertz CT molecular complexity index is 445. The zero-order valence-corrected chi connectivity index (χ0v) is 8.60. The molecule has 7 heteroatoms. The van der Waals surface area contributed by atoms with Crippen molar-refractivity contribution >= 4 is 11.6 Å². The Morgan fingerprint density at radius 2 is 2.29 bits per heavy atom. The number of tetrazole rings is 1. The summed E-state index contributed by atoms with van der Waals surface area (Å²) in [7, 11) is 1.85. The van der Waals surface area contributed by atoms with Crippen LogP contribution in [-0.2, 0) is 12.9 Å². The molecule has 2 rings (SSSR count). The number of nitrogens with zero attached hydrogens (tertiary/aromatic N) is 6. The summed E-state index contributed by atoms with van der Waals surface area (Å²) in [5.74, 6) is 0.893. The highest BCUT2D eigenvalue weighted by atomic mass is 35.5. The van der Waals surface area contributed by atoms with E-state index < -0.39 is 0 Å². The second-order valence-corrected chi connectivity index (χ2v) is 3.18. The molecule has 2 heterocycles. The fourth-order valence-corrected chi connectivity index (χ4v) is 1.44. The highest BCUT2D eigenvalue weighted by Crippen LogP contribution is 2.12. The summed E-state index contributed by atoms with van der Waals surface area (Å²) < 4.78 is 3.31. The lowest BCUT2D eigenvalue weighted by molar-refractivity contribution is 0.754. The molecule has 0 N–H and O–H groups in total. The molecule has 2 aromatic rings. The van der Waals surface area contributed by atoms with Gasteiger partial charge in [0.15, 0.2) is 5.82 Å². The molecule has 0 aliphatic carbocycles. The number of hydrogen-bond acceptors (Lipinski definition) is 4. The monoisotopic (exact) mass is 212 g/mol. The van der Waals surface area contributed by atoms with E-state index in [0.717, 1.165) is 11.4 Å². The lowest BCUT2D eigenvalue weighted by Gasteiger charge is -1.98. The van der Waals surface area contributed by atoms with E-state index in [0.29, 0.717) is 5.82 Å². The lowest BCUT2D eigenvalue weighted by atomic mass is 10.4. The molecular formula is C7H9ClN6. The maximum absolute atomic E-state index is 5.69. The van der Waals surface area contributed by atoms with E-state index in [2.05, 4.69) is 20.6 Å². The molecular weight excluding hydrogens is 204 g/mol. The van der Waals surface area contributed by atoms with E-state index in [9.17, 15) is 0 Å². The van der Waals surface area contributed by atoms with Gasteiger partial charge >= 0.3 is 0 Å². The lowest BCUT2D eigenvalue weighted by Crippen LogP contribution is -2.01. The van der Waals surface area contributed by atoms with Gasteiger partial charge in [0.25, 0.3) is 0 Å². The van der Waals surface area contributed by atoms with Crippen LogP contribution in [0.5, 0.6) is 0 Å². The molecule has 0 fully saturated rings. The molecule has 0 saturated heterocycles. The van der Waals surface area contributed by atoms with Crippen LogP contribution in [0.25, 0.3) is 5.69 Å². The molecule has 0 saturated carbocycles. The number of aromatic nitrogens is 6. The third-order valence-electron chi connectivity index (χ3n) is 1.87. The molecule has 6 nitrogen and oxygen atoms in total. The van der Waals surface area contributed by atoms with E-state index >= 15 is 0 Å². The van der Waals surface area contributed by atoms with Crippen LogP contribution in [0.15, 0.2) is 6.20 Å². The van der Waals surface area contributed by atoms with Crippen LogP contribution in [0, 0.1) is 6.92 Å². The Hall–Kier alpha value is -1.43. The normalized spacial score (nSPS) is 10.8. The van der Waals surface area contributed by atoms with Crippen LogP contribution >= 0.6 is 11.6 Å². The second kappa shape index (κ2) is 3.38. The Morgan fingerprint density at radius 1 is 1.50 bits per heavy atom. The average molecular weight is 213 g/mol. The van der Waals surface area contributed by atoms with Crippen molar-refractivity contribution in [1.82, 2.24) is 30.0 Å². The Labute approximate surface area is 85.5 Å². The van der Waals surface area contributed by atoms with Crippen molar-refractivity contribution in [2.24, 2.45) is 7.05 Å². The van der Waals surface area contributed by atoms with E-state index in [1.165, 1.54) is 0 Å². The van der Waals surface area contributed by atoms with Gasteiger partial charge in [0.05, 0.1) is 17.8 Å². The molecule has 0 unspecified atom stereocenters. The smallest absolute Gasteiger partial charge is 0.171 e. The predicted molar refractivity (Wildman–Crippen MR) is 50.2 cm³/mol. The highest BCUT2D eigenvalue weighted by molar-refractivity contribution is 6.16. The topological polar surface area (TPSA) is 61.4 Å². The second-order valence-electron chi connectivity index (χ2n) is 2.91. The van der Waals surface area contributed by atoms with Crippen molar-refractivity contribution in [2.45, 2.75) is 12.8 Å². The maximum atomic E-state index is 5.69. The number of alkyl halides is 1. The first-order valence-corrected chi connectivity index (χ1v) is 4.59. The van der Waals surface area contributed by atoms with Gasteiger partial charge in [-0.3, -0.25) is 4.68 Å². The molecule has 0 atom stereocenters. The first-order chi connectivity index (χ1) is 6.72. The van der Waals surface area contributed by atoms with Gasteiger partial charge in [-0.25, -0.2) is 0 Å². The zero-order valence-electron chi connectivity index (χ0n) is 7.85. The summed E-state index contributed by atoms with van der Waals surface area (Å²) in [5, 5.41) is 15.4. The minimum atomic E-state index is 0.279. The van der Waals surface area contributed by atoms with E-state index in [4.69, 9.17) is 11.6 Å². The third kappa shape index (κ3) is 1.37. The molecule has 2 aromatic heterocycles. The minimum absolute atomic E-state index is 0.279. The van der Waals surface area contributed by atoms with Crippen molar-refractivity contribution in [3.05, 3.63) is 17.7 Å². The maximum Gasteiger partial charge on any atom is 0.171 e. The Morgan fingerprint density at radius 3 is 2.86 bits per heavy atom. The summed E-state index contributed by atoms with van der Waals surface area (Å²) in [6.07, 6.45) is 1.85. The number of hydrogen-bond donors (Lipinski definition) is 0. The van der Waals surface area contributed by atoms with Gasteiger partial charge in [-0.1, -0.05) is 0 Å². The third-order valence-corrected chi connectivity index (χ3v) is 2.11. The standard InChI is InChI=1S/C7H9ClN6/c1-5-6(4-13(2)10-5)14-7(3-8)9-11-12-14/h4H,3H2,1-2H3. The van der Waals surface area contributed by atoms with Crippen LogP contribution in [0.4, 0.5) is 0 Å². The van der Waals surface area contributed by atoms with Crippen molar-refractivity contribution in [3.8, 4) is 5.69 Å². The van der Waals surface area contributed by atoms with Gasteiger partial charge in [-0.15, -0.1) is 16.7 Å².